The van der Waals surface area contributed by atoms with Gasteiger partial charge in [0.2, 0.25) is 5.91 Å². The van der Waals surface area contributed by atoms with Crippen molar-refractivity contribution in [1.82, 2.24) is 15.5 Å². The third-order valence-electron chi connectivity index (χ3n) is 4.23. The van der Waals surface area contributed by atoms with E-state index in [4.69, 9.17) is 5.73 Å². The van der Waals surface area contributed by atoms with Crippen LogP contribution in [0.5, 0.6) is 0 Å². The average molecular weight is 304 g/mol. The van der Waals surface area contributed by atoms with Crippen molar-refractivity contribution in [2.75, 3.05) is 20.1 Å². The second-order valence-electron chi connectivity index (χ2n) is 5.77. The van der Waals surface area contributed by atoms with Gasteiger partial charge in [0.25, 0.3) is 0 Å². The molecule has 3 amide bonds. The van der Waals surface area contributed by atoms with Crippen LogP contribution in [0, 0.1) is 6.92 Å². The van der Waals surface area contributed by atoms with Crippen LogP contribution in [0.4, 0.5) is 4.79 Å². The SMILES string of the molecule is Cc1ccccc1[C@@H](CC(=O)N(C)[C@H]1CCNC1)NC(N)=O. The molecule has 0 unspecified atom stereocenters. The van der Waals surface area contributed by atoms with E-state index in [0.717, 1.165) is 30.6 Å². The third-order valence-corrected chi connectivity index (χ3v) is 4.23. The van der Waals surface area contributed by atoms with Gasteiger partial charge in [-0.25, -0.2) is 4.79 Å². The quantitative estimate of drug-likeness (QED) is 0.756. The van der Waals surface area contributed by atoms with E-state index in [1.807, 2.05) is 38.2 Å². The Morgan fingerprint density at radius 3 is 2.77 bits per heavy atom. The van der Waals surface area contributed by atoms with Crippen molar-refractivity contribution < 1.29 is 9.59 Å². The number of amides is 3. The molecule has 120 valence electrons. The van der Waals surface area contributed by atoms with E-state index in [2.05, 4.69) is 10.6 Å². The van der Waals surface area contributed by atoms with Crippen LogP contribution in [0.1, 0.15) is 30.0 Å². The van der Waals surface area contributed by atoms with Crippen LogP contribution in [0.25, 0.3) is 0 Å². The van der Waals surface area contributed by atoms with Gasteiger partial charge in [0, 0.05) is 19.6 Å². The van der Waals surface area contributed by atoms with Crippen molar-refractivity contribution in [2.45, 2.75) is 31.8 Å². The largest absolute Gasteiger partial charge is 0.352 e. The molecule has 0 bridgehead atoms. The van der Waals surface area contributed by atoms with Crippen LogP contribution in [-0.4, -0.2) is 43.0 Å². The maximum atomic E-state index is 12.5. The maximum absolute atomic E-state index is 12.5. The Kier molecular flexibility index (Phi) is 5.38. The number of aryl methyl sites for hydroxylation is 1. The van der Waals surface area contributed by atoms with Gasteiger partial charge in [-0.05, 0) is 31.0 Å². The number of nitrogens with two attached hydrogens (primary N) is 1. The highest BCUT2D eigenvalue weighted by Gasteiger charge is 2.26. The summed E-state index contributed by atoms with van der Waals surface area (Å²) < 4.78 is 0. The Hall–Kier alpha value is -2.08. The maximum Gasteiger partial charge on any atom is 0.312 e. The van der Waals surface area contributed by atoms with Gasteiger partial charge in [-0.1, -0.05) is 24.3 Å². The molecule has 1 saturated heterocycles. The summed E-state index contributed by atoms with van der Waals surface area (Å²) in [6, 6.07) is 6.90. The lowest BCUT2D eigenvalue weighted by atomic mass is 9.98. The second kappa shape index (κ2) is 7.26. The van der Waals surface area contributed by atoms with Gasteiger partial charge < -0.3 is 21.3 Å². The molecule has 4 N–H and O–H groups in total. The van der Waals surface area contributed by atoms with Gasteiger partial charge in [-0.3, -0.25) is 4.79 Å². The minimum absolute atomic E-state index is 0.00991. The fraction of sp³-hybridized carbons (Fsp3) is 0.500. The summed E-state index contributed by atoms with van der Waals surface area (Å²) in [4.78, 5) is 25.6. The summed E-state index contributed by atoms with van der Waals surface area (Å²) in [5.74, 6) is 0.00991. The Morgan fingerprint density at radius 2 is 2.18 bits per heavy atom. The summed E-state index contributed by atoms with van der Waals surface area (Å²) in [7, 11) is 1.82. The Labute approximate surface area is 131 Å². The number of nitrogens with zero attached hydrogens (tertiary/aromatic N) is 1. The predicted octanol–water partition coefficient (Wildman–Crippen LogP) is 0.915. The summed E-state index contributed by atoms with van der Waals surface area (Å²) in [6.45, 7) is 3.71. The van der Waals surface area contributed by atoms with Crippen LogP contribution >= 0.6 is 0 Å². The van der Waals surface area contributed by atoms with Crippen LogP contribution in [0.2, 0.25) is 0 Å². The Bertz CT molecular complexity index is 541. The number of hydrogen-bond acceptors (Lipinski definition) is 3. The topological polar surface area (TPSA) is 87.5 Å². The molecule has 0 saturated carbocycles. The minimum Gasteiger partial charge on any atom is -0.352 e. The van der Waals surface area contributed by atoms with Crippen LogP contribution < -0.4 is 16.4 Å². The van der Waals surface area contributed by atoms with E-state index in [0.29, 0.717) is 0 Å². The number of likely N-dealkylation sites (N-methyl/N-ethyl adjacent to an activating group) is 1. The molecular weight excluding hydrogens is 280 g/mol. The van der Waals surface area contributed by atoms with Gasteiger partial charge in [0.1, 0.15) is 0 Å². The predicted molar refractivity (Wildman–Crippen MR) is 85.3 cm³/mol. The molecule has 1 aliphatic heterocycles. The summed E-state index contributed by atoms with van der Waals surface area (Å²) in [5, 5.41) is 5.94. The summed E-state index contributed by atoms with van der Waals surface area (Å²) >= 11 is 0. The lowest BCUT2D eigenvalue weighted by Gasteiger charge is -2.27. The molecule has 1 aliphatic rings. The first kappa shape index (κ1) is 16.3. The number of hydrogen-bond donors (Lipinski definition) is 3. The van der Waals surface area contributed by atoms with Gasteiger partial charge in [-0.2, -0.15) is 0 Å². The zero-order chi connectivity index (χ0) is 16.1. The minimum atomic E-state index is -0.619. The van der Waals surface area contributed by atoms with Crippen molar-refractivity contribution in [2.24, 2.45) is 5.73 Å². The molecule has 1 aromatic rings. The number of carbonyl (C=O) groups is 2. The standard InChI is InChI=1S/C16H24N4O2/c1-11-5-3-4-6-13(11)14(19-16(17)22)9-15(21)20(2)12-7-8-18-10-12/h3-6,12,14,18H,7-10H2,1-2H3,(H3,17,19,22)/t12-,14+/m0/s1. The first-order valence-electron chi connectivity index (χ1n) is 7.57. The highest BCUT2D eigenvalue weighted by Crippen LogP contribution is 2.22. The Balaban J connectivity index is 2.11. The molecule has 22 heavy (non-hydrogen) atoms. The van der Waals surface area contributed by atoms with E-state index in [1.165, 1.54) is 0 Å². The number of carbonyl (C=O) groups excluding carboxylic acids is 2. The van der Waals surface area contributed by atoms with Gasteiger partial charge >= 0.3 is 6.03 Å². The van der Waals surface area contributed by atoms with E-state index < -0.39 is 12.1 Å². The molecule has 1 aromatic carbocycles. The number of benzene rings is 1. The zero-order valence-electron chi connectivity index (χ0n) is 13.1. The molecule has 2 rings (SSSR count). The highest BCUT2D eigenvalue weighted by molar-refractivity contribution is 5.79. The highest BCUT2D eigenvalue weighted by atomic mass is 16.2. The number of rotatable bonds is 5. The molecule has 1 heterocycles. The molecule has 0 radical (unpaired) electrons. The fourth-order valence-electron chi connectivity index (χ4n) is 2.88. The van der Waals surface area contributed by atoms with Crippen molar-refractivity contribution in [3.8, 4) is 0 Å². The first-order valence-corrected chi connectivity index (χ1v) is 7.57. The lowest BCUT2D eigenvalue weighted by Crippen LogP contribution is -2.41. The molecular formula is C16H24N4O2. The lowest BCUT2D eigenvalue weighted by molar-refractivity contribution is -0.132. The van der Waals surface area contributed by atoms with Crippen molar-refractivity contribution in [1.29, 1.82) is 0 Å². The molecule has 2 atom stereocenters. The van der Waals surface area contributed by atoms with E-state index in [9.17, 15) is 9.59 Å². The van der Waals surface area contributed by atoms with E-state index >= 15 is 0 Å². The number of nitrogens with one attached hydrogen (secondary N) is 2. The second-order valence-corrected chi connectivity index (χ2v) is 5.77. The third kappa shape index (κ3) is 3.98. The first-order chi connectivity index (χ1) is 10.5. The number of primary amides is 1. The van der Waals surface area contributed by atoms with E-state index in [-0.39, 0.29) is 18.4 Å². The van der Waals surface area contributed by atoms with Crippen LogP contribution in [-0.2, 0) is 4.79 Å². The average Bonchev–Trinajstić information content (AvgIpc) is 3.00. The molecule has 6 heteroatoms. The van der Waals surface area contributed by atoms with Gasteiger partial charge in [-0.15, -0.1) is 0 Å². The molecule has 1 fully saturated rings. The number of urea groups is 1. The van der Waals surface area contributed by atoms with Gasteiger partial charge in [0.15, 0.2) is 0 Å². The van der Waals surface area contributed by atoms with Crippen LogP contribution in [0.15, 0.2) is 24.3 Å². The van der Waals surface area contributed by atoms with Gasteiger partial charge in [0.05, 0.1) is 12.5 Å². The molecule has 0 aromatic heterocycles. The molecule has 6 nitrogen and oxygen atoms in total. The smallest absolute Gasteiger partial charge is 0.312 e. The summed E-state index contributed by atoms with van der Waals surface area (Å²) in [6.07, 6.45) is 1.17. The molecule has 0 spiro atoms. The fourth-order valence-corrected chi connectivity index (χ4v) is 2.88. The van der Waals surface area contributed by atoms with Crippen LogP contribution in [0.3, 0.4) is 0 Å². The zero-order valence-corrected chi connectivity index (χ0v) is 13.1. The van der Waals surface area contributed by atoms with Crippen molar-refractivity contribution in [3.05, 3.63) is 35.4 Å². The molecule has 0 aliphatic carbocycles. The van der Waals surface area contributed by atoms with E-state index in [1.54, 1.807) is 4.90 Å². The van der Waals surface area contributed by atoms with Crippen molar-refractivity contribution in [3.63, 3.8) is 0 Å². The summed E-state index contributed by atoms with van der Waals surface area (Å²) in [5.41, 5.74) is 7.22. The Morgan fingerprint density at radius 1 is 1.45 bits per heavy atom. The normalized spacial score (nSPS) is 18.7. The monoisotopic (exact) mass is 304 g/mol. The van der Waals surface area contributed by atoms with Crippen molar-refractivity contribution >= 4 is 11.9 Å².